The third-order valence-corrected chi connectivity index (χ3v) is 5.79. The van der Waals surface area contributed by atoms with E-state index in [0.717, 1.165) is 51.5 Å². The first-order valence-corrected chi connectivity index (χ1v) is 9.02. The smallest absolute Gasteiger partial charge is 0.253 e. The second-order valence-electron chi connectivity index (χ2n) is 7.70. The predicted molar refractivity (Wildman–Crippen MR) is 93.1 cm³/mol. The molecule has 3 aliphatic heterocycles. The lowest BCUT2D eigenvalue weighted by atomic mass is 9.81. The Morgan fingerprint density at radius 1 is 1.21 bits per heavy atom. The molecule has 3 saturated heterocycles. The number of piperazine rings is 1. The van der Waals surface area contributed by atoms with E-state index >= 15 is 0 Å². The maximum atomic E-state index is 13.0. The Labute approximate surface area is 144 Å². The summed E-state index contributed by atoms with van der Waals surface area (Å²) in [6, 6.07) is 10.6. The minimum Gasteiger partial charge on any atom is -0.378 e. The second-order valence-corrected chi connectivity index (χ2v) is 7.70. The van der Waals surface area contributed by atoms with Crippen LogP contribution in [0.1, 0.15) is 24.2 Å². The van der Waals surface area contributed by atoms with E-state index in [-0.39, 0.29) is 11.4 Å². The molecule has 0 bridgehead atoms. The number of fused-ring (bicyclic) bond motifs is 2. The quantitative estimate of drug-likeness (QED) is 0.820. The monoisotopic (exact) mass is 329 g/mol. The molecule has 1 aromatic rings. The summed E-state index contributed by atoms with van der Waals surface area (Å²) in [5, 5.41) is 0. The maximum Gasteiger partial charge on any atom is 0.253 e. The van der Waals surface area contributed by atoms with Gasteiger partial charge in [-0.25, -0.2) is 0 Å². The van der Waals surface area contributed by atoms with E-state index in [0.29, 0.717) is 12.1 Å². The summed E-state index contributed by atoms with van der Waals surface area (Å²) in [7, 11) is 0. The highest BCUT2D eigenvalue weighted by atomic mass is 16.5. The summed E-state index contributed by atoms with van der Waals surface area (Å²) in [6.45, 7) is 10.8. The van der Waals surface area contributed by atoms with Crippen molar-refractivity contribution in [3.05, 3.63) is 35.9 Å². The van der Waals surface area contributed by atoms with Crippen molar-refractivity contribution in [1.82, 2.24) is 14.7 Å². The first-order valence-electron chi connectivity index (χ1n) is 9.02. The van der Waals surface area contributed by atoms with Crippen molar-refractivity contribution in [3.63, 3.8) is 0 Å². The number of ether oxygens (including phenoxy) is 1. The van der Waals surface area contributed by atoms with Gasteiger partial charge in [0.2, 0.25) is 0 Å². The molecule has 1 atom stereocenters. The number of benzene rings is 1. The number of nitrogens with zero attached hydrogens (tertiary/aromatic N) is 3. The van der Waals surface area contributed by atoms with Gasteiger partial charge in [-0.15, -0.1) is 0 Å². The van der Waals surface area contributed by atoms with E-state index in [1.165, 1.54) is 0 Å². The van der Waals surface area contributed by atoms with Crippen LogP contribution >= 0.6 is 0 Å². The Kier molecular flexibility index (Phi) is 4.11. The van der Waals surface area contributed by atoms with Gasteiger partial charge in [-0.05, 0) is 26.0 Å². The Bertz CT molecular complexity index is 598. The molecule has 3 heterocycles. The van der Waals surface area contributed by atoms with Crippen LogP contribution < -0.4 is 0 Å². The van der Waals surface area contributed by atoms with Gasteiger partial charge in [0.1, 0.15) is 0 Å². The van der Waals surface area contributed by atoms with E-state index in [1.54, 1.807) is 0 Å². The van der Waals surface area contributed by atoms with Crippen LogP contribution in [-0.4, -0.2) is 84.2 Å². The zero-order valence-corrected chi connectivity index (χ0v) is 14.6. The molecule has 1 unspecified atom stereocenters. The molecule has 1 spiro atoms. The number of carbonyl (C=O) groups excluding carboxylic acids is 1. The van der Waals surface area contributed by atoms with Crippen LogP contribution in [-0.2, 0) is 4.74 Å². The van der Waals surface area contributed by atoms with Crippen molar-refractivity contribution >= 4 is 5.91 Å². The normalized spacial score (nSPS) is 27.1. The van der Waals surface area contributed by atoms with Gasteiger partial charge in [0, 0.05) is 44.3 Å². The predicted octanol–water partition coefficient (Wildman–Crippen LogP) is 1.31. The highest BCUT2D eigenvalue weighted by Gasteiger charge is 2.55. The van der Waals surface area contributed by atoms with Crippen molar-refractivity contribution in [2.45, 2.75) is 31.5 Å². The van der Waals surface area contributed by atoms with Crippen LogP contribution in [0.3, 0.4) is 0 Å². The van der Waals surface area contributed by atoms with Gasteiger partial charge in [0.25, 0.3) is 5.91 Å². The highest BCUT2D eigenvalue weighted by molar-refractivity contribution is 5.94. The van der Waals surface area contributed by atoms with E-state index in [2.05, 4.69) is 28.5 Å². The van der Waals surface area contributed by atoms with Crippen molar-refractivity contribution in [3.8, 4) is 0 Å². The van der Waals surface area contributed by atoms with Gasteiger partial charge in [-0.2, -0.15) is 0 Å². The zero-order valence-electron chi connectivity index (χ0n) is 14.6. The van der Waals surface area contributed by atoms with Crippen LogP contribution in [0.4, 0.5) is 0 Å². The Morgan fingerprint density at radius 2 is 1.96 bits per heavy atom. The van der Waals surface area contributed by atoms with Crippen LogP contribution in [0.2, 0.25) is 0 Å². The summed E-state index contributed by atoms with van der Waals surface area (Å²) in [6.07, 6.45) is 0. The average Bonchev–Trinajstić information content (AvgIpc) is 2.58. The minimum atomic E-state index is 0.113. The molecule has 0 aromatic heterocycles. The number of hydrogen-bond acceptors (Lipinski definition) is 4. The number of morpholine rings is 1. The van der Waals surface area contributed by atoms with Gasteiger partial charge in [0.15, 0.2) is 0 Å². The van der Waals surface area contributed by atoms with Crippen molar-refractivity contribution in [2.75, 3.05) is 45.9 Å². The molecule has 4 rings (SSSR count). The Hall–Kier alpha value is -1.43. The fraction of sp³-hybridized carbons (Fsp3) is 0.632. The minimum absolute atomic E-state index is 0.113. The largest absolute Gasteiger partial charge is 0.378 e. The average molecular weight is 329 g/mol. The molecule has 5 nitrogen and oxygen atoms in total. The van der Waals surface area contributed by atoms with Gasteiger partial charge < -0.3 is 9.64 Å². The Balaban J connectivity index is 1.56. The fourth-order valence-electron chi connectivity index (χ4n) is 4.47. The lowest BCUT2D eigenvalue weighted by Crippen LogP contribution is -2.81. The van der Waals surface area contributed by atoms with E-state index in [4.69, 9.17) is 4.74 Å². The first kappa shape index (κ1) is 16.1. The number of likely N-dealkylation sites (tertiary alicyclic amines) is 1. The highest BCUT2D eigenvalue weighted by Crippen LogP contribution is 2.36. The van der Waals surface area contributed by atoms with Gasteiger partial charge >= 0.3 is 0 Å². The fourth-order valence-corrected chi connectivity index (χ4v) is 4.47. The van der Waals surface area contributed by atoms with E-state index < -0.39 is 0 Å². The molecule has 130 valence electrons. The molecule has 3 aliphatic rings. The standard InChI is InChI=1S/C19H27N3O2/c1-15(2)21-13-19(14-21)12-20(10-17-11-24-9-8-22(17)19)18(23)16-6-4-3-5-7-16/h3-7,15,17H,8-14H2,1-2H3. The summed E-state index contributed by atoms with van der Waals surface area (Å²) in [4.78, 5) is 20.2. The van der Waals surface area contributed by atoms with Crippen LogP contribution in [0.25, 0.3) is 0 Å². The van der Waals surface area contributed by atoms with Gasteiger partial charge in [0.05, 0.1) is 24.8 Å². The van der Waals surface area contributed by atoms with Crippen LogP contribution in [0.15, 0.2) is 30.3 Å². The third kappa shape index (κ3) is 2.65. The first-order chi connectivity index (χ1) is 11.6. The summed E-state index contributed by atoms with van der Waals surface area (Å²) < 4.78 is 5.72. The molecule has 0 aliphatic carbocycles. The molecule has 24 heavy (non-hydrogen) atoms. The van der Waals surface area contributed by atoms with Crippen LogP contribution in [0, 0.1) is 0 Å². The summed E-state index contributed by atoms with van der Waals surface area (Å²) in [5.74, 6) is 0.156. The van der Waals surface area contributed by atoms with E-state index in [9.17, 15) is 4.79 Å². The Morgan fingerprint density at radius 3 is 2.67 bits per heavy atom. The lowest BCUT2D eigenvalue weighted by molar-refractivity contribution is -0.163. The summed E-state index contributed by atoms with van der Waals surface area (Å²) in [5.41, 5.74) is 0.902. The third-order valence-electron chi connectivity index (χ3n) is 5.79. The maximum absolute atomic E-state index is 13.0. The van der Waals surface area contributed by atoms with Crippen molar-refractivity contribution in [2.24, 2.45) is 0 Å². The molecule has 0 saturated carbocycles. The molecular formula is C19H27N3O2. The molecule has 3 fully saturated rings. The number of hydrogen-bond donors (Lipinski definition) is 0. The zero-order chi connectivity index (χ0) is 16.7. The van der Waals surface area contributed by atoms with Gasteiger partial charge in [-0.1, -0.05) is 18.2 Å². The number of carbonyl (C=O) groups is 1. The second kappa shape index (κ2) is 6.14. The number of amides is 1. The SMILES string of the molecule is CC(C)N1CC2(CN(C(=O)c3ccccc3)CC3COCCN32)C1. The van der Waals surface area contributed by atoms with Crippen molar-refractivity contribution < 1.29 is 9.53 Å². The molecule has 1 aromatic carbocycles. The molecule has 0 N–H and O–H groups in total. The molecule has 0 radical (unpaired) electrons. The summed E-state index contributed by atoms with van der Waals surface area (Å²) >= 11 is 0. The topological polar surface area (TPSA) is 36.0 Å². The van der Waals surface area contributed by atoms with Gasteiger partial charge in [-0.3, -0.25) is 14.6 Å². The van der Waals surface area contributed by atoms with Crippen molar-refractivity contribution in [1.29, 1.82) is 0 Å². The van der Waals surface area contributed by atoms with E-state index in [1.807, 2.05) is 30.3 Å². The molecular weight excluding hydrogens is 302 g/mol. The molecule has 1 amide bonds. The number of rotatable bonds is 2. The van der Waals surface area contributed by atoms with Crippen LogP contribution in [0.5, 0.6) is 0 Å². The molecule has 5 heteroatoms. The lowest BCUT2D eigenvalue weighted by Gasteiger charge is -2.64.